The van der Waals surface area contributed by atoms with Crippen LogP contribution in [-0.4, -0.2) is 91.3 Å². The van der Waals surface area contributed by atoms with Crippen LogP contribution in [0.4, 0.5) is 11.4 Å². The fourth-order valence-electron chi connectivity index (χ4n) is 7.48. The maximum atomic E-state index is 12.2. The summed E-state index contributed by atoms with van der Waals surface area (Å²) in [7, 11) is -17.5. The number of nitrogens with zero attached hydrogens (tertiary/aromatic N) is 1. The average molecular weight is 874 g/mol. The van der Waals surface area contributed by atoms with Gasteiger partial charge in [-0.25, -0.2) is 0 Å². The first-order valence-corrected chi connectivity index (χ1v) is 24.3. The first-order valence-electron chi connectivity index (χ1n) is 18.2. The third-order valence-corrected chi connectivity index (χ3v) is 13.7. The number of hydrogen-bond acceptors (Lipinski definition) is 10. The van der Waals surface area contributed by atoms with Gasteiger partial charge in [0.15, 0.2) is 5.71 Å². The number of carbonyl (C=O) groups is 1. The molecule has 2 aromatic carbocycles. The van der Waals surface area contributed by atoms with Crippen LogP contribution in [0, 0.1) is 0 Å². The van der Waals surface area contributed by atoms with Crippen LogP contribution in [0.3, 0.4) is 0 Å². The van der Waals surface area contributed by atoms with Crippen molar-refractivity contribution < 1.29 is 66.4 Å². The molecule has 2 unspecified atom stereocenters. The van der Waals surface area contributed by atoms with Gasteiger partial charge in [-0.15, -0.1) is 0 Å². The number of nitrogens with one attached hydrogen (secondary N) is 1. The van der Waals surface area contributed by atoms with Gasteiger partial charge in [-0.05, 0) is 87.9 Å². The van der Waals surface area contributed by atoms with Crippen molar-refractivity contribution in [1.82, 2.24) is 0 Å². The van der Waals surface area contributed by atoms with Gasteiger partial charge in [-0.2, -0.15) is 38.2 Å². The van der Waals surface area contributed by atoms with Gasteiger partial charge >= 0.3 is 5.97 Å². The number of rotatable bonds is 21. The maximum Gasteiger partial charge on any atom is 0.303 e. The van der Waals surface area contributed by atoms with Gasteiger partial charge < -0.3 is 10.4 Å². The molecule has 0 amide bonds. The van der Waals surface area contributed by atoms with Crippen LogP contribution in [-0.2, 0) is 56.1 Å². The summed E-state index contributed by atoms with van der Waals surface area (Å²) in [6.45, 7) is 4.05. The Morgan fingerprint density at radius 2 is 1.25 bits per heavy atom. The van der Waals surface area contributed by atoms with Gasteiger partial charge in [0.25, 0.3) is 40.5 Å². The SMILES string of the molecule is CC1(CCCCCC(=O)O)C(/C=C/C=C/C=C2/Nc3ccc(S(=O)(=O)O)cc3C2(C)CCCCS(=O)(=O)O)=[N+](CCCCS(=O)(=O)O)c2ccc(S(=O)(=O)O)cc21. The fraction of sp³-hybridized carbons (Fsp3) is 0.459. The Morgan fingerprint density at radius 1 is 0.684 bits per heavy atom. The van der Waals surface area contributed by atoms with Crippen LogP contribution < -0.4 is 5.32 Å². The number of aliphatic carboxylic acids is 1. The highest BCUT2D eigenvalue weighted by Gasteiger charge is 2.47. The van der Waals surface area contributed by atoms with E-state index in [4.69, 9.17) is 5.11 Å². The Labute approximate surface area is 334 Å². The third-order valence-electron chi connectivity index (χ3n) is 10.4. The topological polar surface area (TPSA) is 270 Å². The summed E-state index contributed by atoms with van der Waals surface area (Å²) < 4.78 is 134. The van der Waals surface area contributed by atoms with Gasteiger partial charge in [0.05, 0.1) is 26.7 Å². The Kier molecular flexibility index (Phi) is 14.5. The summed E-state index contributed by atoms with van der Waals surface area (Å²) >= 11 is 0. The van der Waals surface area contributed by atoms with Crippen LogP contribution >= 0.6 is 0 Å². The number of hydrogen-bond donors (Lipinski definition) is 6. The number of allylic oxidation sites excluding steroid dienone is 6. The maximum absolute atomic E-state index is 12.2. The highest BCUT2D eigenvalue weighted by atomic mass is 32.2. The molecular formula is C37H49N2O14S4+. The lowest BCUT2D eigenvalue weighted by Crippen LogP contribution is -2.31. The standard InChI is InChI=1S/C37H48N2O14S4/c1-36(20-9-11-23-54(42,43)44)29-25-27(56(48,49)50)16-18-31(29)38-33(36)13-5-3-6-14-34-37(2,21-8-4-7-15-35(40)41)30-26-28(57(51,52)53)17-19-32(30)39(34)22-10-12-24-55(45,46)47/h3,5-6,13-14,16-19,25-26H,4,7-12,15,20-24H2,1-2H3,(H5,40,41,42,43,44,45,46,47,48,49,50,51,52,53)/p+1. The molecule has 2 atom stereocenters. The number of benzene rings is 2. The van der Waals surface area contributed by atoms with Crippen molar-refractivity contribution in [3.8, 4) is 0 Å². The van der Waals surface area contributed by atoms with E-state index < -0.39 is 68.8 Å². The van der Waals surface area contributed by atoms with E-state index >= 15 is 0 Å². The first kappa shape index (κ1) is 45.9. The number of carboxylic acid groups (broad SMARTS) is 1. The predicted molar refractivity (Wildman–Crippen MR) is 214 cm³/mol. The molecule has 2 aliphatic rings. The van der Waals surface area contributed by atoms with Crippen molar-refractivity contribution in [1.29, 1.82) is 0 Å². The lowest BCUT2D eigenvalue weighted by Gasteiger charge is -2.26. The molecule has 0 spiro atoms. The average Bonchev–Trinajstić information content (AvgIpc) is 3.49. The van der Waals surface area contributed by atoms with E-state index in [1.807, 2.05) is 24.5 Å². The minimum atomic E-state index is -4.58. The molecule has 16 nitrogen and oxygen atoms in total. The van der Waals surface area contributed by atoms with Gasteiger partial charge in [-0.3, -0.25) is 23.0 Å². The largest absolute Gasteiger partial charge is 0.481 e. The monoisotopic (exact) mass is 873 g/mol. The molecule has 0 saturated heterocycles. The van der Waals surface area contributed by atoms with Gasteiger partial charge in [0.2, 0.25) is 5.69 Å². The molecule has 57 heavy (non-hydrogen) atoms. The zero-order chi connectivity index (χ0) is 42.5. The van der Waals surface area contributed by atoms with Crippen LogP contribution in [0.25, 0.3) is 0 Å². The molecule has 2 heterocycles. The quantitative estimate of drug-likeness (QED) is 0.0381. The lowest BCUT2D eigenvalue weighted by atomic mass is 9.75. The Hall–Kier alpha value is -3.76. The summed E-state index contributed by atoms with van der Waals surface area (Å²) in [6, 6.07) is 8.39. The minimum absolute atomic E-state index is 0.0118. The zero-order valence-electron chi connectivity index (χ0n) is 31.5. The van der Waals surface area contributed by atoms with E-state index in [2.05, 4.69) is 5.32 Å². The second kappa shape index (κ2) is 18.0. The molecule has 2 aromatic rings. The van der Waals surface area contributed by atoms with E-state index in [9.17, 15) is 56.7 Å². The number of fused-ring (bicyclic) bond motifs is 2. The fourth-order valence-corrected chi connectivity index (χ4v) is 9.63. The Balaban J connectivity index is 1.72. The lowest BCUT2D eigenvalue weighted by molar-refractivity contribution is -0.438. The molecule has 314 valence electrons. The van der Waals surface area contributed by atoms with Crippen LogP contribution in [0.2, 0.25) is 0 Å². The number of carboxylic acids is 1. The Bertz CT molecular complexity index is 2440. The smallest absolute Gasteiger partial charge is 0.303 e. The van der Waals surface area contributed by atoms with Crippen LogP contribution in [0.1, 0.15) is 89.2 Å². The van der Waals surface area contributed by atoms with E-state index in [1.54, 1.807) is 30.4 Å². The Morgan fingerprint density at radius 3 is 1.84 bits per heavy atom. The molecule has 0 radical (unpaired) electrons. The summed E-state index contributed by atoms with van der Waals surface area (Å²) in [5, 5.41) is 12.4. The van der Waals surface area contributed by atoms with Crippen molar-refractivity contribution >= 4 is 63.5 Å². The van der Waals surface area contributed by atoms with E-state index in [-0.39, 0.29) is 29.1 Å². The zero-order valence-corrected chi connectivity index (χ0v) is 34.8. The van der Waals surface area contributed by atoms with E-state index in [0.29, 0.717) is 79.7 Å². The first-order chi connectivity index (χ1) is 26.3. The molecule has 6 N–H and O–H groups in total. The summed E-state index contributed by atoms with van der Waals surface area (Å²) in [5.41, 5.74) is 2.05. The van der Waals surface area contributed by atoms with E-state index in [1.165, 1.54) is 30.3 Å². The molecular weight excluding hydrogens is 825 g/mol. The van der Waals surface area contributed by atoms with Crippen LogP contribution in [0.15, 0.2) is 82.3 Å². The van der Waals surface area contributed by atoms with E-state index in [0.717, 1.165) is 5.71 Å². The molecule has 0 fully saturated rings. The number of anilines is 1. The normalized spacial score (nSPS) is 20.8. The molecule has 0 aliphatic carbocycles. The highest BCUT2D eigenvalue weighted by molar-refractivity contribution is 7.86. The molecule has 0 bridgehead atoms. The van der Waals surface area contributed by atoms with Gasteiger partial charge in [0.1, 0.15) is 6.54 Å². The summed E-state index contributed by atoms with van der Waals surface area (Å²) in [4.78, 5) is 10.5. The molecule has 2 aliphatic heterocycles. The minimum Gasteiger partial charge on any atom is -0.481 e. The van der Waals surface area contributed by atoms with Crippen molar-refractivity contribution in [2.24, 2.45) is 0 Å². The van der Waals surface area contributed by atoms with Gasteiger partial charge in [-0.1, -0.05) is 37.5 Å². The summed E-state index contributed by atoms with van der Waals surface area (Å²) in [5.74, 6) is -1.82. The second-order valence-corrected chi connectivity index (χ2v) is 20.7. The number of unbranched alkanes of at least 4 members (excludes halogenated alkanes) is 4. The molecule has 0 saturated carbocycles. The molecule has 4 rings (SSSR count). The van der Waals surface area contributed by atoms with Crippen molar-refractivity contribution in [2.75, 3.05) is 23.4 Å². The third kappa shape index (κ3) is 12.1. The van der Waals surface area contributed by atoms with Crippen molar-refractivity contribution in [3.05, 3.63) is 83.6 Å². The highest BCUT2D eigenvalue weighted by Crippen LogP contribution is 2.48. The second-order valence-electron chi connectivity index (χ2n) is 14.7. The van der Waals surface area contributed by atoms with Crippen molar-refractivity contribution in [2.45, 2.75) is 98.7 Å². The van der Waals surface area contributed by atoms with Crippen molar-refractivity contribution in [3.63, 3.8) is 0 Å². The van der Waals surface area contributed by atoms with Crippen LogP contribution in [0.5, 0.6) is 0 Å². The summed E-state index contributed by atoms with van der Waals surface area (Å²) in [6.07, 6.45) is 12.1. The molecule has 0 aromatic heterocycles. The predicted octanol–water partition coefficient (Wildman–Crippen LogP) is 5.68. The molecule has 20 heteroatoms. The van der Waals surface area contributed by atoms with Gasteiger partial charge in [0, 0.05) is 47.3 Å².